The first-order valence-corrected chi connectivity index (χ1v) is 9.74. The van der Waals surface area contributed by atoms with Gasteiger partial charge in [0.25, 0.3) is 0 Å². The SMILES string of the molecule is Cc1ccc(CN2CC3(CC(NC(=O)C(C)(C)C(N)=O)c4nccn43)C2)cc1F. The number of carbonyl (C=O) groups is 2. The van der Waals surface area contributed by atoms with Crippen LogP contribution in [0.15, 0.2) is 30.6 Å². The number of primary amides is 1. The molecule has 2 aliphatic rings. The highest BCUT2D eigenvalue weighted by molar-refractivity contribution is 6.03. The van der Waals surface area contributed by atoms with Crippen LogP contribution in [0, 0.1) is 18.2 Å². The summed E-state index contributed by atoms with van der Waals surface area (Å²) in [6, 6.07) is 5.08. The summed E-state index contributed by atoms with van der Waals surface area (Å²) in [6.07, 6.45) is 4.37. The van der Waals surface area contributed by atoms with Gasteiger partial charge in [0.2, 0.25) is 11.8 Å². The van der Waals surface area contributed by atoms with Gasteiger partial charge in [-0.2, -0.15) is 0 Å². The van der Waals surface area contributed by atoms with Crippen molar-refractivity contribution in [2.24, 2.45) is 11.1 Å². The zero-order valence-corrected chi connectivity index (χ0v) is 16.9. The van der Waals surface area contributed by atoms with Gasteiger partial charge in [0.05, 0.1) is 11.6 Å². The van der Waals surface area contributed by atoms with Crippen LogP contribution in [0.1, 0.15) is 43.3 Å². The standard InChI is InChI=1S/C21H26FN5O2/c1-13-4-5-14(8-15(13)22)10-26-11-21(12-26)9-16(17-24-6-7-27(17)21)25-19(29)20(2,3)18(23)28/h4-8,16H,9-12H2,1-3H3,(H2,23,28)(H,25,29). The van der Waals surface area contributed by atoms with Gasteiger partial charge >= 0.3 is 0 Å². The third-order valence-electron chi connectivity index (χ3n) is 6.24. The van der Waals surface area contributed by atoms with E-state index in [0.29, 0.717) is 18.5 Å². The van der Waals surface area contributed by atoms with E-state index in [9.17, 15) is 14.0 Å². The molecule has 4 rings (SSSR count). The van der Waals surface area contributed by atoms with Gasteiger partial charge in [0.1, 0.15) is 17.1 Å². The molecule has 8 heteroatoms. The molecule has 1 aromatic heterocycles. The van der Waals surface area contributed by atoms with E-state index in [1.807, 2.05) is 12.3 Å². The summed E-state index contributed by atoms with van der Waals surface area (Å²) >= 11 is 0. The monoisotopic (exact) mass is 399 g/mol. The lowest BCUT2D eigenvalue weighted by Crippen LogP contribution is -2.60. The Balaban J connectivity index is 1.45. The first-order valence-electron chi connectivity index (χ1n) is 9.74. The van der Waals surface area contributed by atoms with Gasteiger partial charge in [-0.1, -0.05) is 12.1 Å². The molecule has 1 aromatic carbocycles. The number of imidazole rings is 1. The van der Waals surface area contributed by atoms with Crippen molar-refractivity contribution < 1.29 is 14.0 Å². The third-order valence-corrected chi connectivity index (χ3v) is 6.24. The number of fused-ring (bicyclic) bond motifs is 2. The van der Waals surface area contributed by atoms with Crippen LogP contribution < -0.4 is 11.1 Å². The number of aryl methyl sites for hydroxylation is 1. The number of nitrogens with zero attached hydrogens (tertiary/aromatic N) is 3. The molecule has 7 nitrogen and oxygen atoms in total. The number of likely N-dealkylation sites (tertiary alicyclic amines) is 1. The zero-order chi connectivity index (χ0) is 21.0. The first-order chi connectivity index (χ1) is 13.6. The van der Waals surface area contributed by atoms with Gasteiger partial charge in [-0.25, -0.2) is 9.37 Å². The van der Waals surface area contributed by atoms with Gasteiger partial charge in [-0.3, -0.25) is 14.5 Å². The van der Waals surface area contributed by atoms with E-state index in [1.54, 1.807) is 25.3 Å². The Morgan fingerprint density at radius 2 is 2.10 bits per heavy atom. The lowest BCUT2D eigenvalue weighted by atomic mass is 9.85. The van der Waals surface area contributed by atoms with Gasteiger partial charge in [0, 0.05) is 38.4 Å². The number of amides is 2. The lowest BCUT2D eigenvalue weighted by molar-refractivity contribution is -0.140. The van der Waals surface area contributed by atoms with Crippen molar-refractivity contribution >= 4 is 11.8 Å². The molecule has 2 aromatic rings. The largest absolute Gasteiger partial charge is 0.369 e. The number of nitrogens with one attached hydrogen (secondary N) is 1. The van der Waals surface area contributed by atoms with E-state index in [-0.39, 0.29) is 17.4 Å². The van der Waals surface area contributed by atoms with Crippen LogP contribution in [0.4, 0.5) is 4.39 Å². The van der Waals surface area contributed by atoms with Crippen molar-refractivity contribution in [3.8, 4) is 0 Å². The van der Waals surface area contributed by atoms with Gasteiger partial charge in [-0.05, 0) is 38.0 Å². The van der Waals surface area contributed by atoms with Crippen LogP contribution >= 0.6 is 0 Å². The molecule has 0 radical (unpaired) electrons. The maximum absolute atomic E-state index is 13.8. The second kappa shape index (κ2) is 6.66. The molecule has 29 heavy (non-hydrogen) atoms. The zero-order valence-electron chi connectivity index (χ0n) is 16.9. The predicted octanol–water partition coefficient (Wildman–Crippen LogP) is 1.61. The molecule has 1 atom stereocenters. The summed E-state index contributed by atoms with van der Waals surface area (Å²) in [6.45, 7) is 7.05. The summed E-state index contributed by atoms with van der Waals surface area (Å²) in [5.41, 5.74) is 5.52. The number of halogens is 1. The molecule has 3 N–H and O–H groups in total. The number of aromatic nitrogens is 2. The smallest absolute Gasteiger partial charge is 0.235 e. The molecule has 2 amide bonds. The molecule has 0 saturated carbocycles. The Morgan fingerprint density at radius 1 is 1.38 bits per heavy atom. The average molecular weight is 399 g/mol. The second-order valence-corrected chi connectivity index (χ2v) is 8.83. The molecule has 1 unspecified atom stereocenters. The van der Waals surface area contributed by atoms with Crippen molar-refractivity contribution in [1.29, 1.82) is 0 Å². The van der Waals surface area contributed by atoms with Gasteiger partial charge < -0.3 is 15.6 Å². The number of carbonyl (C=O) groups excluding carboxylic acids is 2. The number of hydrogen-bond donors (Lipinski definition) is 2. The fourth-order valence-corrected chi connectivity index (χ4v) is 4.28. The highest BCUT2D eigenvalue weighted by Gasteiger charge is 2.52. The molecular formula is C21H26FN5O2. The second-order valence-electron chi connectivity index (χ2n) is 8.83. The van der Waals surface area contributed by atoms with Gasteiger partial charge in [-0.15, -0.1) is 0 Å². The van der Waals surface area contributed by atoms with Crippen LogP contribution in [0.5, 0.6) is 0 Å². The maximum atomic E-state index is 13.8. The van der Waals surface area contributed by atoms with Crippen LogP contribution in [0.2, 0.25) is 0 Å². The van der Waals surface area contributed by atoms with Crippen LogP contribution in [0.3, 0.4) is 0 Å². The molecule has 0 bridgehead atoms. The topological polar surface area (TPSA) is 93.2 Å². The average Bonchev–Trinajstić information content (AvgIpc) is 3.21. The van der Waals surface area contributed by atoms with E-state index >= 15 is 0 Å². The van der Waals surface area contributed by atoms with Crippen molar-refractivity contribution in [1.82, 2.24) is 19.8 Å². The molecule has 2 aliphatic heterocycles. The van der Waals surface area contributed by atoms with E-state index < -0.39 is 17.2 Å². The van der Waals surface area contributed by atoms with E-state index in [2.05, 4.69) is 19.8 Å². The summed E-state index contributed by atoms with van der Waals surface area (Å²) in [7, 11) is 0. The normalized spacial score (nSPS) is 20.3. The summed E-state index contributed by atoms with van der Waals surface area (Å²) in [5, 5.41) is 2.95. The number of rotatable bonds is 5. The van der Waals surface area contributed by atoms with Crippen molar-refractivity contribution in [2.45, 2.75) is 45.3 Å². The molecule has 154 valence electrons. The van der Waals surface area contributed by atoms with Crippen molar-refractivity contribution in [2.75, 3.05) is 13.1 Å². The lowest BCUT2D eigenvalue weighted by Gasteiger charge is -2.49. The Hall–Kier alpha value is -2.74. The molecule has 1 spiro atoms. The molecule has 0 aliphatic carbocycles. The van der Waals surface area contributed by atoms with Crippen LogP contribution in [0.25, 0.3) is 0 Å². The van der Waals surface area contributed by atoms with Crippen molar-refractivity contribution in [3.63, 3.8) is 0 Å². The first kappa shape index (κ1) is 19.6. The molecule has 1 saturated heterocycles. The Bertz CT molecular complexity index is 977. The minimum atomic E-state index is -1.28. The van der Waals surface area contributed by atoms with E-state index in [0.717, 1.165) is 24.5 Å². The third kappa shape index (κ3) is 3.21. The quantitative estimate of drug-likeness (QED) is 0.747. The minimum absolute atomic E-state index is 0.149. The molecule has 3 heterocycles. The highest BCUT2D eigenvalue weighted by atomic mass is 19.1. The maximum Gasteiger partial charge on any atom is 0.235 e. The summed E-state index contributed by atoms with van der Waals surface area (Å²) < 4.78 is 15.9. The van der Waals surface area contributed by atoms with Crippen molar-refractivity contribution in [3.05, 3.63) is 53.4 Å². The highest BCUT2D eigenvalue weighted by Crippen LogP contribution is 2.45. The van der Waals surface area contributed by atoms with E-state index in [4.69, 9.17) is 5.73 Å². The van der Waals surface area contributed by atoms with Crippen LogP contribution in [-0.4, -0.2) is 39.4 Å². The van der Waals surface area contributed by atoms with Gasteiger partial charge in [0.15, 0.2) is 0 Å². The fourth-order valence-electron chi connectivity index (χ4n) is 4.28. The number of benzene rings is 1. The van der Waals surface area contributed by atoms with Crippen LogP contribution in [-0.2, 0) is 21.7 Å². The Kier molecular flexibility index (Phi) is 4.49. The molecule has 1 fully saturated rings. The predicted molar refractivity (Wildman–Crippen MR) is 105 cm³/mol. The number of hydrogen-bond acceptors (Lipinski definition) is 4. The summed E-state index contributed by atoms with van der Waals surface area (Å²) in [4.78, 5) is 30.9. The Morgan fingerprint density at radius 3 is 2.76 bits per heavy atom. The molecular weight excluding hydrogens is 373 g/mol. The van der Waals surface area contributed by atoms with E-state index in [1.165, 1.54) is 13.8 Å². The number of nitrogens with two attached hydrogens (primary N) is 1. The summed E-state index contributed by atoms with van der Waals surface area (Å²) in [5.74, 6) is -0.450. The Labute approximate surface area is 169 Å². The fraction of sp³-hybridized carbons (Fsp3) is 0.476. The minimum Gasteiger partial charge on any atom is -0.369 e.